The van der Waals surface area contributed by atoms with Gasteiger partial charge in [0.25, 0.3) is 0 Å². The fourth-order valence-corrected chi connectivity index (χ4v) is 2.87. The van der Waals surface area contributed by atoms with E-state index in [0.29, 0.717) is 12.1 Å². The largest absolute Gasteiger partial charge is 0.396 e. The van der Waals surface area contributed by atoms with Gasteiger partial charge in [0.1, 0.15) is 16.5 Å². The van der Waals surface area contributed by atoms with Gasteiger partial charge in [0, 0.05) is 12.1 Å². The molecule has 0 radical (unpaired) electrons. The zero-order valence-electron chi connectivity index (χ0n) is 10.5. The number of rotatable bonds is 5. The highest BCUT2D eigenvalue weighted by molar-refractivity contribution is 7.89. The van der Waals surface area contributed by atoms with E-state index in [1.807, 2.05) is 0 Å². The number of nitrogens with one attached hydrogen (secondary N) is 1. The van der Waals surface area contributed by atoms with Crippen LogP contribution in [0, 0.1) is 17.6 Å². The van der Waals surface area contributed by atoms with Crippen LogP contribution in [-0.4, -0.2) is 26.2 Å². The molecule has 1 atom stereocenters. The highest BCUT2D eigenvalue weighted by Crippen LogP contribution is 2.21. The predicted molar refractivity (Wildman–Crippen MR) is 66.8 cm³/mol. The van der Waals surface area contributed by atoms with Crippen LogP contribution < -0.4 is 10.5 Å². The number of hydrogen-bond acceptors (Lipinski definition) is 4. The summed E-state index contributed by atoms with van der Waals surface area (Å²) in [6.07, 6.45) is 0. The molecule has 0 amide bonds. The van der Waals surface area contributed by atoms with Crippen LogP contribution in [0.15, 0.2) is 17.0 Å². The molecule has 0 aliphatic carbocycles. The normalized spacial score (nSPS) is 13.8. The van der Waals surface area contributed by atoms with Gasteiger partial charge in [0.2, 0.25) is 10.0 Å². The lowest BCUT2D eigenvalue weighted by Gasteiger charge is -2.20. The highest BCUT2D eigenvalue weighted by Gasteiger charge is 2.25. The first kappa shape index (κ1) is 15.8. The lowest BCUT2D eigenvalue weighted by Crippen LogP contribution is -2.41. The maximum atomic E-state index is 13.5. The summed E-state index contributed by atoms with van der Waals surface area (Å²) in [6, 6.07) is 0.352. The molecule has 1 rings (SSSR count). The standard InChI is InChI=1S/C11H16F2N2O3S/c1-6(2)10(5-16)15-19(17,18)11-4-9(14)7(12)3-8(11)13/h3-4,6,10,15-16H,5,14H2,1-2H3. The van der Waals surface area contributed by atoms with Crippen molar-refractivity contribution in [2.75, 3.05) is 12.3 Å². The van der Waals surface area contributed by atoms with E-state index in [-0.39, 0.29) is 5.92 Å². The Kier molecular flexibility index (Phi) is 4.83. The molecule has 0 bridgehead atoms. The molecular formula is C11H16F2N2O3S. The Labute approximate surface area is 110 Å². The molecule has 0 saturated carbocycles. The zero-order chi connectivity index (χ0) is 14.8. The van der Waals surface area contributed by atoms with Crippen LogP contribution in [0.1, 0.15) is 13.8 Å². The second-order valence-electron chi connectivity index (χ2n) is 4.46. The van der Waals surface area contributed by atoms with E-state index in [9.17, 15) is 17.2 Å². The van der Waals surface area contributed by atoms with Gasteiger partial charge in [0.15, 0.2) is 0 Å². The minimum atomic E-state index is -4.22. The third-order valence-electron chi connectivity index (χ3n) is 2.65. The minimum absolute atomic E-state index is 0.194. The molecule has 0 spiro atoms. The van der Waals surface area contributed by atoms with Crippen LogP contribution in [0.25, 0.3) is 0 Å². The maximum absolute atomic E-state index is 13.5. The SMILES string of the molecule is CC(C)C(CO)NS(=O)(=O)c1cc(N)c(F)cc1F. The molecule has 19 heavy (non-hydrogen) atoms. The molecule has 0 heterocycles. The summed E-state index contributed by atoms with van der Waals surface area (Å²) in [5, 5.41) is 9.07. The molecule has 5 nitrogen and oxygen atoms in total. The van der Waals surface area contributed by atoms with Gasteiger partial charge in [-0.3, -0.25) is 0 Å². The number of anilines is 1. The first-order valence-corrected chi connectivity index (χ1v) is 7.05. The van der Waals surface area contributed by atoms with Crippen molar-refractivity contribution in [3.05, 3.63) is 23.8 Å². The van der Waals surface area contributed by atoms with E-state index in [1.165, 1.54) is 0 Å². The monoisotopic (exact) mass is 294 g/mol. The summed E-state index contributed by atoms with van der Waals surface area (Å²) in [7, 11) is -4.22. The first-order valence-electron chi connectivity index (χ1n) is 5.56. The van der Waals surface area contributed by atoms with Crippen LogP contribution in [0.5, 0.6) is 0 Å². The zero-order valence-corrected chi connectivity index (χ0v) is 11.3. The Bertz CT molecular complexity index is 561. The Morgan fingerprint density at radius 1 is 1.32 bits per heavy atom. The Hall–Kier alpha value is -1.25. The molecule has 0 aliphatic rings. The molecule has 0 aliphatic heterocycles. The Morgan fingerprint density at radius 2 is 1.89 bits per heavy atom. The van der Waals surface area contributed by atoms with Crippen molar-refractivity contribution in [1.29, 1.82) is 0 Å². The topological polar surface area (TPSA) is 92.4 Å². The van der Waals surface area contributed by atoms with Crippen molar-refractivity contribution >= 4 is 15.7 Å². The van der Waals surface area contributed by atoms with Gasteiger partial charge in [-0.05, 0) is 12.0 Å². The summed E-state index contributed by atoms with van der Waals surface area (Å²) in [5.41, 5.74) is 4.76. The van der Waals surface area contributed by atoms with E-state index in [2.05, 4.69) is 4.72 Å². The fourth-order valence-electron chi connectivity index (χ4n) is 1.40. The van der Waals surface area contributed by atoms with Gasteiger partial charge in [-0.1, -0.05) is 13.8 Å². The van der Waals surface area contributed by atoms with Crippen molar-refractivity contribution < 1.29 is 22.3 Å². The lowest BCUT2D eigenvalue weighted by molar-refractivity contribution is 0.227. The maximum Gasteiger partial charge on any atom is 0.243 e. The van der Waals surface area contributed by atoms with E-state index in [4.69, 9.17) is 10.8 Å². The lowest BCUT2D eigenvalue weighted by atomic mass is 10.1. The van der Waals surface area contributed by atoms with Crippen molar-refractivity contribution in [3.8, 4) is 0 Å². The number of benzene rings is 1. The van der Waals surface area contributed by atoms with Gasteiger partial charge in [-0.15, -0.1) is 0 Å². The van der Waals surface area contributed by atoms with Crippen molar-refractivity contribution in [1.82, 2.24) is 4.72 Å². The third kappa shape index (κ3) is 3.62. The van der Waals surface area contributed by atoms with Crippen LogP contribution in [0.3, 0.4) is 0 Å². The van der Waals surface area contributed by atoms with E-state index >= 15 is 0 Å². The van der Waals surface area contributed by atoms with Crippen molar-refractivity contribution in [2.24, 2.45) is 5.92 Å². The molecule has 1 aromatic rings. The summed E-state index contributed by atoms with van der Waals surface area (Å²) >= 11 is 0. The van der Waals surface area contributed by atoms with Gasteiger partial charge in [-0.25, -0.2) is 21.9 Å². The summed E-state index contributed by atoms with van der Waals surface area (Å²) < 4.78 is 52.5. The predicted octanol–water partition coefficient (Wildman–Crippen LogP) is 0.842. The van der Waals surface area contributed by atoms with E-state index < -0.39 is 44.9 Å². The molecule has 1 unspecified atom stereocenters. The quantitative estimate of drug-likeness (QED) is 0.702. The second-order valence-corrected chi connectivity index (χ2v) is 6.14. The van der Waals surface area contributed by atoms with Crippen LogP contribution >= 0.6 is 0 Å². The number of halogens is 2. The van der Waals surface area contributed by atoms with Crippen molar-refractivity contribution in [3.63, 3.8) is 0 Å². The third-order valence-corrected chi connectivity index (χ3v) is 4.15. The number of hydrogen-bond donors (Lipinski definition) is 3. The molecule has 0 saturated heterocycles. The number of aliphatic hydroxyl groups excluding tert-OH is 1. The summed E-state index contributed by atoms with van der Waals surface area (Å²) in [4.78, 5) is -0.745. The van der Waals surface area contributed by atoms with Gasteiger partial charge >= 0.3 is 0 Å². The van der Waals surface area contributed by atoms with Gasteiger partial charge < -0.3 is 10.8 Å². The number of sulfonamides is 1. The molecule has 1 aromatic carbocycles. The van der Waals surface area contributed by atoms with Crippen molar-refractivity contribution in [2.45, 2.75) is 24.8 Å². The van der Waals surface area contributed by atoms with E-state index in [1.54, 1.807) is 13.8 Å². The average Bonchev–Trinajstić information content (AvgIpc) is 2.30. The first-order chi connectivity index (χ1) is 8.69. The molecule has 8 heteroatoms. The van der Waals surface area contributed by atoms with Gasteiger partial charge in [-0.2, -0.15) is 0 Å². The molecule has 0 fully saturated rings. The molecule has 4 N–H and O–H groups in total. The summed E-state index contributed by atoms with van der Waals surface area (Å²) in [6.45, 7) is 2.95. The van der Waals surface area contributed by atoms with Crippen LogP contribution in [0.2, 0.25) is 0 Å². The minimum Gasteiger partial charge on any atom is -0.396 e. The number of aliphatic hydroxyl groups is 1. The molecular weight excluding hydrogens is 278 g/mol. The number of nitrogens with two attached hydrogens (primary N) is 1. The Balaban J connectivity index is 3.17. The second kappa shape index (κ2) is 5.81. The average molecular weight is 294 g/mol. The van der Waals surface area contributed by atoms with Crippen LogP contribution in [-0.2, 0) is 10.0 Å². The smallest absolute Gasteiger partial charge is 0.243 e. The van der Waals surface area contributed by atoms with E-state index in [0.717, 1.165) is 0 Å². The van der Waals surface area contributed by atoms with Crippen LogP contribution in [0.4, 0.5) is 14.5 Å². The Morgan fingerprint density at radius 3 is 2.37 bits per heavy atom. The van der Waals surface area contributed by atoms with Gasteiger partial charge in [0.05, 0.1) is 12.3 Å². The molecule has 108 valence electrons. The number of nitrogen functional groups attached to an aromatic ring is 1. The summed E-state index contributed by atoms with van der Waals surface area (Å²) in [5.74, 6) is -2.46. The molecule has 0 aromatic heterocycles. The fraction of sp³-hybridized carbons (Fsp3) is 0.455. The highest BCUT2D eigenvalue weighted by atomic mass is 32.2.